The number of benzene rings is 2. The van der Waals surface area contributed by atoms with Crippen LogP contribution in [-0.4, -0.2) is 19.2 Å². The molecule has 1 fully saturated rings. The summed E-state index contributed by atoms with van der Waals surface area (Å²) in [5.41, 5.74) is 1.91. The molecule has 4 nitrogen and oxygen atoms in total. The summed E-state index contributed by atoms with van der Waals surface area (Å²) < 4.78 is 33.0. The van der Waals surface area contributed by atoms with E-state index in [9.17, 15) is 13.6 Å². The van der Waals surface area contributed by atoms with Crippen molar-refractivity contribution in [2.24, 2.45) is 11.8 Å². The summed E-state index contributed by atoms with van der Waals surface area (Å²) in [7, 11) is 0. The molecular formula is C30H40F2O4. The van der Waals surface area contributed by atoms with Crippen LogP contribution in [0.4, 0.5) is 8.78 Å². The second-order valence-corrected chi connectivity index (χ2v) is 9.99. The van der Waals surface area contributed by atoms with Crippen molar-refractivity contribution in [3.8, 4) is 5.75 Å². The Bertz CT molecular complexity index is 913. The van der Waals surface area contributed by atoms with E-state index < -0.39 is 11.6 Å². The Morgan fingerprint density at radius 3 is 2.14 bits per heavy atom. The maximum atomic E-state index is 13.7. The van der Waals surface area contributed by atoms with Gasteiger partial charge in [-0.3, -0.25) is 4.79 Å². The minimum atomic E-state index is -0.486. The molecule has 1 aliphatic carbocycles. The highest BCUT2D eigenvalue weighted by Crippen LogP contribution is 2.30. The third kappa shape index (κ3) is 9.29. The minimum Gasteiger partial charge on any atom is -0.426 e. The first-order valence-corrected chi connectivity index (χ1v) is 13.5. The van der Waals surface area contributed by atoms with E-state index in [0.717, 1.165) is 69.8 Å². The number of rotatable bonds is 14. The first-order chi connectivity index (χ1) is 17.5. The SMILES string of the molecule is CCCCCOOCC1CCC(C(=O)Oc2ccc(CCCCc3cc(F)c(C)c(F)c3)cc2)CC1. The molecule has 2 aromatic carbocycles. The predicted molar refractivity (Wildman–Crippen MR) is 137 cm³/mol. The summed E-state index contributed by atoms with van der Waals surface area (Å²) in [4.78, 5) is 23.2. The molecule has 0 amide bonds. The van der Waals surface area contributed by atoms with Gasteiger partial charge in [0.1, 0.15) is 17.4 Å². The smallest absolute Gasteiger partial charge is 0.314 e. The quantitative estimate of drug-likeness (QED) is 0.0873. The second kappa shape index (κ2) is 15.1. The van der Waals surface area contributed by atoms with E-state index in [1.807, 2.05) is 24.3 Å². The molecule has 0 radical (unpaired) electrons. The van der Waals surface area contributed by atoms with Crippen LogP contribution in [0.3, 0.4) is 0 Å². The average Bonchev–Trinajstić information content (AvgIpc) is 2.88. The molecule has 3 rings (SSSR count). The molecule has 1 aliphatic rings. The molecule has 1 saturated carbocycles. The Morgan fingerprint density at radius 2 is 1.50 bits per heavy atom. The van der Waals surface area contributed by atoms with Gasteiger partial charge in [-0.2, -0.15) is 0 Å². The summed E-state index contributed by atoms with van der Waals surface area (Å²) in [6, 6.07) is 10.5. The molecule has 0 aliphatic heterocycles. The predicted octanol–water partition coefficient (Wildman–Crippen LogP) is 7.69. The monoisotopic (exact) mass is 502 g/mol. The summed E-state index contributed by atoms with van der Waals surface area (Å²) >= 11 is 0. The molecule has 6 heteroatoms. The molecule has 0 N–H and O–H groups in total. The van der Waals surface area contributed by atoms with Gasteiger partial charge in [-0.25, -0.2) is 18.6 Å². The molecular weight excluding hydrogens is 462 g/mol. The van der Waals surface area contributed by atoms with Crippen LogP contribution in [0.5, 0.6) is 5.75 Å². The fraction of sp³-hybridized carbons (Fsp3) is 0.567. The van der Waals surface area contributed by atoms with Gasteiger partial charge in [0, 0.05) is 5.56 Å². The second-order valence-electron chi connectivity index (χ2n) is 9.99. The summed E-state index contributed by atoms with van der Waals surface area (Å²) in [6.45, 7) is 4.84. The fourth-order valence-corrected chi connectivity index (χ4v) is 4.60. The van der Waals surface area contributed by atoms with E-state index in [4.69, 9.17) is 14.5 Å². The van der Waals surface area contributed by atoms with E-state index >= 15 is 0 Å². The number of ether oxygens (including phenoxy) is 1. The maximum absolute atomic E-state index is 13.7. The van der Waals surface area contributed by atoms with Crippen molar-refractivity contribution in [2.45, 2.75) is 84.5 Å². The number of carbonyl (C=O) groups is 1. The molecule has 0 heterocycles. The van der Waals surface area contributed by atoms with Gasteiger partial charge in [-0.05, 0) is 106 Å². The molecule has 0 atom stereocenters. The number of carbonyl (C=O) groups excluding carboxylic acids is 1. The summed E-state index contributed by atoms with van der Waals surface area (Å²) in [6.07, 6.45) is 10.1. The van der Waals surface area contributed by atoms with Gasteiger partial charge in [0.2, 0.25) is 0 Å². The van der Waals surface area contributed by atoms with Gasteiger partial charge >= 0.3 is 5.97 Å². The lowest BCUT2D eigenvalue weighted by molar-refractivity contribution is -0.302. The Kier molecular flexibility index (Phi) is 11.8. The fourth-order valence-electron chi connectivity index (χ4n) is 4.60. The van der Waals surface area contributed by atoms with Gasteiger partial charge in [0.25, 0.3) is 0 Å². The highest BCUT2D eigenvalue weighted by molar-refractivity contribution is 5.75. The third-order valence-electron chi connectivity index (χ3n) is 7.06. The third-order valence-corrected chi connectivity index (χ3v) is 7.06. The minimum absolute atomic E-state index is 0.0668. The van der Waals surface area contributed by atoms with Gasteiger partial charge in [0.05, 0.1) is 19.1 Å². The van der Waals surface area contributed by atoms with Crippen LogP contribution in [-0.2, 0) is 27.4 Å². The van der Waals surface area contributed by atoms with E-state index in [1.165, 1.54) is 19.1 Å². The van der Waals surface area contributed by atoms with E-state index in [0.29, 0.717) is 36.9 Å². The largest absolute Gasteiger partial charge is 0.426 e. The van der Waals surface area contributed by atoms with Crippen LogP contribution in [0.15, 0.2) is 36.4 Å². The number of unbranched alkanes of at least 4 members (excludes halogenated alkanes) is 3. The first-order valence-electron chi connectivity index (χ1n) is 13.5. The topological polar surface area (TPSA) is 44.8 Å². The van der Waals surface area contributed by atoms with Crippen molar-refractivity contribution in [3.05, 3.63) is 64.7 Å². The molecule has 0 aromatic heterocycles. The molecule has 0 saturated heterocycles. The van der Waals surface area contributed by atoms with Crippen LogP contribution in [0.25, 0.3) is 0 Å². The number of esters is 1. The highest BCUT2D eigenvalue weighted by atomic mass is 19.1. The Morgan fingerprint density at radius 1 is 0.861 bits per heavy atom. The van der Waals surface area contributed by atoms with Crippen LogP contribution in [0, 0.1) is 30.4 Å². The lowest BCUT2D eigenvalue weighted by atomic mass is 9.82. The molecule has 2 aromatic rings. The maximum Gasteiger partial charge on any atom is 0.314 e. The molecule has 0 unspecified atom stereocenters. The number of hydrogen-bond donors (Lipinski definition) is 0. The van der Waals surface area contributed by atoms with Crippen molar-refractivity contribution >= 4 is 5.97 Å². The Balaban J connectivity index is 1.31. The number of halogens is 2. The van der Waals surface area contributed by atoms with Gasteiger partial charge < -0.3 is 4.74 Å². The summed E-state index contributed by atoms with van der Waals surface area (Å²) in [5.74, 6) is -0.192. The van der Waals surface area contributed by atoms with Crippen LogP contribution in [0.1, 0.15) is 81.4 Å². The van der Waals surface area contributed by atoms with Crippen molar-refractivity contribution in [2.75, 3.05) is 13.2 Å². The average molecular weight is 503 g/mol. The van der Waals surface area contributed by atoms with Crippen molar-refractivity contribution in [1.82, 2.24) is 0 Å². The van der Waals surface area contributed by atoms with E-state index in [2.05, 4.69) is 6.92 Å². The zero-order chi connectivity index (χ0) is 25.8. The standard InChI is InChI=1S/C30H40F2O4/c1-3-4-7-18-34-35-21-24-10-14-26(15-11-24)30(33)36-27-16-12-23(13-17-27)8-5-6-9-25-19-28(31)22(2)29(32)20-25/h12-13,16-17,19-20,24,26H,3-11,14-15,18,21H2,1-2H3. The molecule has 0 bridgehead atoms. The zero-order valence-electron chi connectivity index (χ0n) is 21.7. The Labute approximate surface area is 214 Å². The molecule has 198 valence electrons. The number of hydrogen-bond acceptors (Lipinski definition) is 4. The van der Waals surface area contributed by atoms with E-state index in [-0.39, 0.29) is 17.5 Å². The van der Waals surface area contributed by atoms with E-state index in [1.54, 1.807) is 0 Å². The first kappa shape index (κ1) is 28.3. The van der Waals surface area contributed by atoms with Gasteiger partial charge in [-0.15, -0.1) is 0 Å². The zero-order valence-corrected chi connectivity index (χ0v) is 21.7. The lowest BCUT2D eigenvalue weighted by Gasteiger charge is -2.26. The van der Waals surface area contributed by atoms with Crippen LogP contribution < -0.4 is 4.74 Å². The molecule has 0 spiro atoms. The highest BCUT2D eigenvalue weighted by Gasteiger charge is 2.28. The van der Waals surface area contributed by atoms with Crippen LogP contribution >= 0.6 is 0 Å². The lowest BCUT2D eigenvalue weighted by Crippen LogP contribution is -2.27. The number of aryl methyl sites for hydroxylation is 2. The van der Waals surface area contributed by atoms with Crippen LogP contribution in [0.2, 0.25) is 0 Å². The normalized spacial score (nSPS) is 17.8. The Hall–Kier alpha value is -2.31. The van der Waals surface area contributed by atoms with Gasteiger partial charge in [0.15, 0.2) is 0 Å². The molecule has 36 heavy (non-hydrogen) atoms. The van der Waals surface area contributed by atoms with Gasteiger partial charge in [-0.1, -0.05) is 31.9 Å². The van der Waals surface area contributed by atoms with Crippen molar-refractivity contribution in [1.29, 1.82) is 0 Å². The van der Waals surface area contributed by atoms with Crippen molar-refractivity contribution < 1.29 is 28.1 Å². The van der Waals surface area contributed by atoms with Crippen molar-refractivity contribution in [3.63, 3.8) is 0 Å². The summed E-state index contributed by atoms with van der Waals surface area (Å²) in [5, 5.41) is 0.